The van der Waals surface area contributed by atoms with Gasteiger partial charge in [0.25, 0.3) is 5.91 Å². The van der Waals surface area contributed by atoms with Crippen molar-refractivity contribution in [1.82, 2.24) is 35.1 Å². The van der Waals surface area contributed by atoms with Gasteiger partial charge in [-0.15, -0.1) is 0 Å². The summed E-state index contributed by atoms with van der Waals surface area (Å²) in [5.41, 5.74) is 10.2. The Morgan fingerprint density at radius 2 is 1.85 bits per heavy atom. The molecule has 4 rings (SSSR count). The molecule has 12 heteroatoms. The number of hydrazine groups is 1. The number of carbonyl (C=O) groups excluding carboxylic acids is 1. The van der Waals surface area contributed by atoms with Crippen LogP contribution in [0.1, 0.15) is 46.9 Å². The van der Waals surface area contributed by atoms with E-state index in [-0.39, 0.29) is 17.8 Å². The number of amides is 1. The topological polar surface area (TPSA) is 145 Å². The molecule has 3 heterocycles. The van der Waals surface area contributed by atoms with E-state index in [2.05, 4.69) is 78.2 Å². The maximum atomic E-state index is 12.6. The Kier molecular flexibility index (Phi) is 12.1. The number of rotatable bonds is 12. The minimum absolute atomic E-state index is 0.0324. The molecule has 0 saturated carbocycles. The number of benzene rings is 1. The summed E-state index contributed by atoms with van der Waals surface area (Å²) in [4.78, 5) is 33.3. The summed E-state index contributed by atoms with van der Waals surface area (Å²) in [6, 6.07) is 8.44. The summed E-state index contributed by atoms with van der Waals surface area (Å²) >= 11 is 0. The number of likely N-dealkylation sites (tertiary alicyclic amines) is 1. The number of aromatic nitrogens is 3. The van der Waals surface area contributed by atoms with Crippen molar-refractivity contribution in [3.8, 4) is 0 Å². The second kappa shape index (κ2) is 16.0. The van der Waals surface area contributed by atoms with Crippen LogP contribution in [0.4, 0.5) is 17.3 Å². The highest BCUT2D eigenvalue weighted by Crippen LogP contribution is 2.23. The molecule has 47 heavy (non-hydrogen) atoms. The summed E-state index contributed by atoms with van der Waals surface area (Å²) < 4.78 is 0. The number of hydrogen-bond donors (Lipinski definition) is 4. The van der Waals surface area contributed by atoms with Crippen LogP contribution in [0.15, 0.2) is 72.4 Å². The highest BCUT2D eigenvalue weighted by Gasteiger charge is 2.26. The van der Waals surface area contributed by atoms with Crippen LogP contribution >= 0.6 is 0 Å². The molecule has 12 nitrogen and oxygen atoms in total. The lowest BCUT2D eigenvalue weighted by Crippen LogP contribution is -2.49. The van der Waals surface area contributed by atoms with Crippen molar-refractivity contribution < 1.29 is 4.79 Å². The first kappa shape index (κ1) is 35.6. The molecule has 2 saturated heterocycles. The lowest BCUT2D eigenvalue weighted by atomic mass is 10.0. The van der Waals surface area contributed by atoms with Crippen molar-refractivity contribution in [2.75, 3.05) is 69.6 Å². The molecular weight excluding hydrogens is 590 g/mol. The number of nitrogens with two attached hydrogens (primary N) is 2. The number of nitrogens with zero attached hydrogens (tertiary/aromatic N) is 7. The fourth-order valence-electron chi connectivity index (χ4n) is 5.68. The van der Waals surface area contributed by atoms with Crippen LogP contribution in [0.3, 0.4) is 0 Å². The maximum Gasteiger partial charge on any atom is 0.268 e. The molecule has 2 aliphatic heterocycles. The quantitative estimate of drug-likeness (QED) is 0.117. The van der Waals surface area contributed by atoms with Crippen LogP contribution in [0.25, 0.3) is 5.57 Å². The first-order valence-corrected chi connectivity index (χ1v) is 16.4. The van der Waals surface area contributed by atoms with Crippen molar-refractivity contribution in [3.63, 3.8) is 0 Å². The van der Waals surface area contributed by atoms with E-state index >= 15 is 0 Å². The van der Waals surface area contributed by atoms with Gasteiger partial charge in [-0.05, 0) is 102 Å². The summed E-state index contributed by atoms with van der Waals surface area (Å²) in [5.74, 6) is 7.30. The Morgan fingerprint density at radius 1 is 1.13 bits per heavy atom. The maximum absolute atomic E-state index is 12.6. The molecule has 1 amide bonds. The second-order valence-corrected chi connectivity index (χ2v) is 13.5. The van der Waals surface area contributed by atoms with Gasteiger partial charge in [0.05, 0.1) is 0 Å². The van der Waals surface area contributed by atoms with Crippen molar-refractivity contribution >= 4 is 28.8 Å². The minimum atomic E-state index is -0.400. The van der Waals surface area contributed by atoms with Crippen LogP contribution in [0.5, 0.6) is 0 Å². The monoisotopic (exact) mass is 643 g/mol. The van der Waals surface area contributed by atoms with E-state index < -0.39 is 5.91 Å². The standard InChI is InChI=1S/C35H53N11O/c1-8-28(19-38-33(47)31(36)23-46(37)35(4,5)6)25(2)18-26(3)32-39-24-40-34(42-32)41-29-10-12-30(13-11-29)45-15-9-14-44(16-17-45)22-27-20-43(7)21-27/h8,10-13,18,23-24,27H,3,9,14-17,19-22,36-37H2,1-2,4-7H3,(H,38,47)(H,39,40,41,42)/b25-18-,28-8-,31-23-. The molecule has 0 aliphatic carbocycles. The average Bonchev–Trinajstić information content (AvgIpc) is 3.26. The van der Waals surface area contributed by atoms with Gasteiger partial charge in [0.15, 0.2) is 5.82 Å². The van der Waals surface area contributed by atoms with Crippen LogP contribution < -0.4 is 27.1 Å². The smallest absolute Gasteiger partial charge is 0.268 e. The van der Waals surface area contributed by atoms with Crippen molar-refractivity contribution in [1.29, 1.82) is 0 Å². The fourth-order valence-corrected chi connectivity index (χ4v) is 5.68. The zero-order chi connectivity index (χ0) is 34.1. The Labute approximate surface area is 280 Å². The third kappa shape index (κ3) is 10.4. The molecule has 0 unspecified atom stereocenters. The van der Waals surface area contributed by atoms with Gasteiger partial charge in [0, 0.05) is 74.5 Å². The van der Waals surface area contributed by atoms with E-state index in [9.17, 15) is 4.79 Å². The normalized spacial score (nSPS) is 17.6. The van der Waals surface area contributed by atoms with Crippen LogP contribution in [0.2, 0.25) is 0 Å². The highest BCUT2D eigenvalue weighted by atomic mass is 16.2. The molecule has 2 fully saturated rings. The third-order valence-electron chi connectivity index (χ3n) is 8.59. The predicted octanol–water partition coefficient (Wildman–Crippen LogP) is 3.49. The lowest BCUT2D eigenvalue weighted by Gasteiger charge is -2.39. The van der Waals surface area contributed by atoms with Crippen LogP contribution in [-0.2, 0) is 4.79 Å². The van der Waals surface area contributed by atoms with E-state index in [4.69, 9.17) is 11.6 Å². The first-order chi connectivity index (χ1) is 22.3. The van der Waals surface area contributed by atoms with Crippen molar-refractivity contribution in [2.45, 2.75) is 46.6 Å². The number of anilines is 3. The molecule has 1 aromatic heterocycles. The number of carbonyl (C=O) groups is 1. The molecule has 0 radical (unpaired) electrons. The van der Waals surface area contributed by atoms with Gasteiger partial charge in [-0.2, -0.15) is 4.98 Å². The van der Waals surface area contributed by atoms with E-state index in [0.29, 0.717) is 17.3 Å². The van der Waals surface area contributed by atoms with Gasteiger partial charge in [0.2, 0.25) is 5.95 Å². The molecular formula is C35H53N11O. The number of hydrogen-bond acceptors (Lipinski definition) is 11. The summed E-state index contributed by atoms with van der Waals surface area (Å²) in [7, 11) is 2.20. The number of allylic oxidation sites excluding steroid dienone is 3. The minimum Gasteiger partial charge on any atom is -0.393 e. The molecule has 0 bridgehead atoms. The molecule has 2 aromatic rings. The molecule has 2 aliphatic rings. The van der Waals surface area contributed by atoms with Crippen LogP contribution in [0, 0.1) is 5.92 Å². The molecule has 6 N–H and O–H groups in total. The van der Waals surface area contributed by atoms with Crippen molar-refractivity contribution in [2.24, 2.45) is 17.5 Å². The molecule has 254 valence electrons. The van der Waals surface area contributed by atoms with E-state index in [1.807, 2.05) is 46.8 Å². The van der Waals surface area contributed by atoms with Gasteiger partial charge in [-0.3, -0.25) is 4.79 Å². The Hall–Kier alpha value is -4.26. The second-order valence-electron chi connectivity index (χ2n) is 13.5. The van der Waals surface area contributed by atoms with E-state index in [1.165, 1.54) is 55.8 Å². The highest BCUT2D eigenvalue weighted by molar-refractivity contribution is 5.92. The molecule has 0 atom stereocenters. The molecule has 1 aromatic carbocycles. The van der Waals surface area contributed by atoms with Crippen LogP contribution in [-0.4, -0.2) is 101 Å². The summed E-state index contributed by atoms with van der Waals surface area (Å²) in [6.07, 6.45) is 7.92. The fraction of sp³-hybridized carbons (Fsp3) is 0.486. The molecule has 0 spiro atoms. The average molecular weight is 644 g/mol. The lowest BCUT2D eigenvalue weighted by molar-refractivity contribution is -0.117. The first-order valence-electron chi connectivity index (χ1n) is 16.4. The largest absolute Gasteiger partial charge is 0.393 e. The third-order valence-corrected chi connectivity index (χ3v) is 8.59. The zero-order valence-electron chi connectivity index (χ0n) is 29.0. The predicted molar refractivity (Wildman–Crippen MR) is 191 cm³/mol. The van der Waals surface area contributed by atoms with Gasteiger partial charge in [-0.25, -0.2) is 15.8 Å². The Balaban J connectivity index is 1.30. The zero-order valence-corrected chi connectivity index (χ0v) is 29.0. The van der Waals surface area contributed by atoms with Gasteiger partial charge in [-0.1, -0.05) is 12.7 Å². The van der Waals surface area contributed by atoms with Crippen molar-refractivity contribution in [3.05, 3.63) is 78.2 Å². The van der Waals surface area contributed by atoms with E-state index in [1.54, 1.807) is 0 Å². The van der Waals surface area contributed by atoms with Gasteiger partial charge >= 0.3 is 0 Å². The van der Waals surface area contributed by atoms with Gasteiger partial charge < -0.3 is 36.1 Å². The number of nitrogens with one attached hydrogen (secondary N) is 2. The SMILES string of the molecule is C=C(/C=C(C)\C(=C/C)CNC(=O)/C(N)=C/N(N)C(C)(C)C)c1ncnc(Nc2ccc(N3CCCN(CC4CN(C)C4)CC3)cc2)n1. The van der Waals surface area contributed by atoms with E-state index in [0.717, 1.165) is 42.4 Å². The summed E-state index contributed by atoms with van der Waals surface area (Å²) in [6.45, 7) is 22.1. The Bertz CT molecular complexity index is 1470. The summed E-state index contributed by atoms with van der Waals surface area (Å²) in [5, 5.41) is 7.56. The Morgan fingerprint density at radius 3 is 2.51 bits per heavy atom. The van der Waals surface area contributed by atoms with Gasteiger partial charge in [0.1, 0.15) is 12.0 Å².